The first kappa shape index (κ1) is 14.7. The van der Waals surface area contributed by atoms with Crippen LogP contribution in [0.15, 0.2) is 46.9 Å². The fraction of sp³-hybridized carbons (Fsp3) is 0.250. The quantitative estimate of drug-likeness (QED) is 0.800. The molecule has 0 heterocycles. The van der Waals surface area contributed by atoms with Crippen molar-refractivity contribution in [3.05, 3.63) is 52.5 Å². The van der Waals surface area contributed by atoms with Gasteiger partial charge >= 0.3 is 0 Å². The van der Waals surface area contributed by atoms with Crippen LogP contribution in [0.3, 0.4) is 0 Å². The summed E-state index contributed by atoms with van der Waals surface area (Å²) in [5.74, 6) is 1.62. The molecule has 0 atom stereocenters. The molecule has 0 saturated heterocycles. The van der Waals surface area contributed by atoms with E-state index in [1.54, 1.807) is 7.11 Å². The summed E-state index contributed by atoms with van der Waals surface area (Å²) in [7, 11) is 1.65. The van der Waals surface area contributed by atoms with Crippen LogP contribution in [0, 0.1) is 6.92 Å². The average Bonchev–Trinajstić information content (AvgIpc) is 2.46. The van der Waals surface area contributed by atoms with Gasteiger partial charge in [-0.25, -0.2) is 0 Å². The van der Waals surface area contributed by atoms with E-state index in [4.69, 9.17) is 9.47 Å². The highest BCUT2D eigenvalue weighted by Crippen LogP contribution is 2.29. The minimum atomic E-state index is 0.596. The van der Waals surface area contributed by atoms with E-state index in [-0.39, 0.29) is 0 Å². The minimum Gasteiger partial charge on any atom is -0.497 e. The van der Waals surface area contributed by atoms with Gasteiger partial charge in [-0.15, -0.1) is 0 Å². The van der Waals surface area contributed by atoms with E-state index in [9.17, 15) is 0 Å². The Kier molecular flexibility index (Phi) is 5.30. The molecule has 0 aromatic heterocycles. The van der Waals surface area contributed by atoms with Crippen molar-refractivity contribution < 1.29 is 9.47 Å². The number of aryl methyl sites for hydroxylation is 1. The van der Waals surface area contributed by atoms with Gasteiger partial charge in [-0.1, -0.05) is 18.2 Å². The molecule has 2 aromatic carbocycles. The number of benzene rings is 2. The van der Waals surface area contributed by atoms with Gasteiger partial charge in [0.05, 0.1) is 11.6 Å². The fourth-order valence-electron chi connectivity index (χ4n) is 1.84. The highest BCUT2D eigenvalue weighted by molar-refractivity contribution is 9.10. The summed E-state index contributed by atoms with van der Waals surface area (Å²) < 4.78 is 11.8. The van der Waals surface area contributed by atoms with E-state index >= 15 is 0 Å². The van der Waals surface area contributed by atoms with E-state index in [1.807, 2.05) is 30.3 Å². The Hall–Kier alpha value is -1.68. The van der Waals surface area contributed by atoms with Crippen molar-refractivity contribution in [2.45, 2.75) is 6.92 Å². The van der Waals surface area contributed by atoms with Gasteiger partial charge in [0.15, 0.2) is 0 Å². The van der Waals surface area contributed by atoms with Crippen molar-refractivity contribution in [2.75, 3.05) is 25.6 Å². The van der Waals surface area contributed by atoms with Crippen molar-refractivity contribution in [3.8, 4) is 11.5 Å². The monoisotopic (exact) mass is 335 g/mol. The second kappa shape index (κ2) is 7.20. The second-order valence-corrected chi connectivity index (χ2v) is 5.24. The smallest absolute Gasteiger partial charge is 0.133 e. The number of nitrogens with one attached hydrogen (secondary N) is 1. The highest BCUT2D eigenvalue weighted by atomic mass is 79.9. The molecular weight excluding hydrogens is 318 g/mol. The first-order valence-corrected chi connectivity index (χ1v) is 7.26. The molecule has 0 spiro atoms. The van der Waals surface area contributed by atoms with Crippen LogP contribution in [0.5, 0.6) is 11.5 Å². The summed E-state index contributed by atoms with van der Waals surface area (Å²) in [4.78, 5) is 0. The Labute approximate surface area is 128 Å². The lowest BCUT2D eigenvalue weighted by atomic mass is 10.2. The van der Waals surface area contributed by atoms with Crippen molar-refractivity contribution in [2.24, 2.45) is 0 Å². The zero-order valence-electron chi connectivity index (χ0n) is 11.7. The summed E-state index contributed by atoms with van der Waals surface area (Å²) in [5.41, 5.74) is 2.38. The third-order valence-electron chi connectivity index (χ3n) is 2.96. The van der Waals surface area contributed by atoms with E-state index < -0.39 is 0 Å². The standard InChI is InChI=1S/C16H18BrNO2/c1-12-5-3-4-6-15(12)18-9-10-20-16-8-7-13(19-2)11-14(16)17/h3-8,11,18H,9-10H2,1-2H3. The zero-order chi connectivity index (χ0) is 14.4. The van der Waals surface area contributed by atoms with Gasteiger partial charge in [-0.05, 0) is 52.7 Å². The number of rotatable bonds is 6. The summed E-state index contributed by atoms with van der Waals surface area (Å²) in [6.45, 7) is 3.44. The number of halogens is 1. The molecule has 3 nitrogen and oxygen atoms in total. The van der Waals surface area contributed by atoms with Crippen LogP contribution in [0.25, 0.3) is 0 Å². The van der Waals surface area contributed by atoms with Crippen LogP contribution in [-0.4, -0.2) is 20.3 Å². The molecule has 0 aliphatic carbocycles. The number of anilines is 1. The normalized spacial score (nSPS) is 10.2. The molecule has 0 fully saturated rings. The number of hydrogen-bond donors (Lipinski definition) is 1. The van der Waals surface area contributed by atoms with Crippen LogP contribution in [0.4, 0.5) is 5.69 Å². The molecule has 4 heteroatoms. The Morgan fingerprint density at radius 3 is 2.65 bits per heavy atom. The Balaban J connectivity index is 1.83. The number of ether oxygens (including phenoxy) is 2. The van der Waals surface area contributed by atoms with Gasteiger partial charge in [0, 0.05) is 12.2 Å². The summed E-state index contributed by atoms with van der Waals surface area (Å²) in [6.07, 6.45) is 0. The molecule has 0 aliphatic heterocycles. The molecule has 0 bridgehead atoms. The lowest BCUT2D eigenvalue weighted by Gasteiger charge is -2.12. The van der Waals surface area contributed by atoms with Crippen LogP contribution in [-0.2, 0) is 0 Å². The Bertz CT molecular complexity index is 572. The molecule has 20 heavy (non-hydrogen) atoms. The highest BCUT2D eigenvalue weighted by Gasteiger charge is 2.03. The van der Waals surface area contributed by atoms with Crippen LogP contribution in [0.2, 0.25) is 0 Å². The molecule has 0 radical (unpaired) electrons. The van der Waals surface area contributed by atoms with Crippen LogP contribution >= 0.6 is 15.9 Å². The first-order chi connectivity index (χ1) is 9.70. The SMILES string of the molecule is COc1ccc(OCCNc2ccccc2C)c(Br)c1. The lowest BCUT2D eigenvalue weighted by molar-refractivity contribution is 0.329. The summed E-state index contributed by atoms with van der Waals surface area (Å²) >= 11 is 3.47. The van der Waals surface area contributed by atoms with Crippen molar-refractivity contribution >= 4 is 21.6 Å². The number of para-hydroxylation sites is 1. The van der Waals surface area contributed by atoms with Gasteiger partial charge in [-0.2, -0.15) is 0 Å². The van der Waals surface area contributed by atoms with E-state index in [1.165, 1.54) is 5.56 Å². The molecule has 2 rings (SSSR count). The van der Waals surface area contributed by atoms with Gasteiger partial charge < -0.3 is 14.8 Å². The maximum atomic E-state index is 5.73. The maximum Gasteiger partial charge on any atom is 0.133 e. The fourth-order valence-corrected chi connectivity index (χ4v) is 2.32. The maximum absolute atomic E-state index is 5.73. The topological polar surface area (TPSA) is 30.5 Å². The largest absolute Gasteiger partial charge is 0.497 e. The first-order valence-electron chi connectivity index (χ1n) is 6.46. The minimum absolute atomic E-state index is 0.596. The molecular formula is C16H18BrNO2. The van der Waals surface area contributed by atoms with Gasteiger partial charge in [0.2, 0.25) is 0 Å². The van der Waals surface area contributed by atoms with Gasteiger partial charge in [0.25, 0.3) is 0 Å². The average molecular weight is 336 g/mol. The van der Waals surface area contributed by atoms with Crippen molar-refractivity contribution in [3.63, 3.8) is 0 Å². The predicted octanol–water partition coefficient (Wildman–Crippen LogP) is 4.26. The van der Waals surface area contributed by atoms with E-state index in [0.29, 0.717) is 6.61 Å². The van der Waals surface area contributed by atoms with E-state index in [0.717, 1.165) is 28.2 Å². The Morgan fingerprint density at radius 2 is 1.95 bits per heavy atom. The molecule has 0 saturated carbocycles. The van der Waals surface area contributed by atoms with Crippen LogP contribution < -0.4 is 14.8 Å². The van der Waals surface area contributed by atoms with Crippen molar-refractivity contribution in [1.29, 1.82) is 0 Å². The Morgan fingerprint density at radius 1 is 1.15 bits per heavy atom. The molecule has 2 aromatic rings. The van der Waals surface area contributed by atoms with Gasteiger partial charge in [-0.3, -0.25) is 0 Å². The third kappa shape index (κ3) is 3.90. The third-order valence-corrected chi connectivity index (χ3v) is 3.58. The summed E-state index contributed by atoms with van der Waals surface area (Å²) in [6, 6.07) is 13.9. The molecule has 0 amide bonds. The molecule has 0 aliphatic rings. The molecule has 0 unspecified atom stereocenters. The molecule has 106 valence electrons. The van der Waals surface area contributed by atoms with Crippen LogP contribution in [0.1, 0.15) is 5.56 Å². The molecule has 1 N–H and O–H groups in total. The van der Waals surface area contributed by atoms with E-state index in [2.05, 4.69) is 40.3 Å². The summed E-state index contributed by atoms with van der Waals surface area (Å²) in [5, 5.41) is 3.36. The van der Waals surface area contributed by atoms with Crippen molar-refractivity contribution in [1.82, 2.24) is 0 Å². The number of hydrogen-bond acceptors (Lipinski definition) is 3. The zero-order valence-corrected chi connectivity index (χ0v) is 13.2. The number of methoxy groups -OCH3 is 1. The van der Waals surface area contributed by atoms with Gasteiger partial charge in [0.1, 0.15) is 18.1 Å². The predicted molar refractivity (Wildman–Crippen MR) is 85.9 cm³/mol. The lowest BCUT2D eigenvalue weighted by Crippen LogP contribution is -2.12. The second-order valence-electron chi connectivity index (χ2n) is 4.39.